The van der Waals surface area contributed by atoms with Crippen molar-refractivity contribution in [2.45, 2.75) is 0 Å². The Morgan fingerprint density at radius 1 is 0.833 bits per heavy atom. The van der Waals surface area contributed by atoms with E-state index in [1.807, 2.05) is 0 Å². The van der Waals surface area contributed by atoms with E-state index in [-0.39, 0.29) is 34.1 Å². The summed E-state index contributed by atoms with van der Waals surface area (Å²) in [5.74, 6) is 0. The Balaban J connectivity index is -0.0000000457. The minimum Gasteiger partial charge on any atom is -0.759 e. The molecule has 0 unspecified atom stereocenters. The van der Waals surface area contributed by atoms with E-state index in [1.165, 1.54) is 0 Å². The van der Waals surface area contributed by atoms with Crippen LogP contribution in [0, 0.1) is 0 Å². The fourth-order valence-electron chi connectivity index (χ4n) is 0. The molecule has 0 aliphatic heterocycles. The van der Waals surface area contributed by atoms with Crippen LogP contribution in [0.3, 0.4) is 0 Å². The maximum atomic E-state index is 8.74. The molecule has 0 aliphatic rings. The maximum Gasteiger partial charge on any atom is 1.00 e. The quantitative estimate of drug-likeness (QED) is 0.295. The van der Waals surface area contributed by atoms with Crippen LogP contribution < -0.4 is 0 Å². The van der Waals surface area contributed by atoms with Crippen LogP contribution >= 0.6 is 0 Å². The number of hydrogen-bond donors (Lipinski definition) is 2. The smallest absolute Gasteiger partial charge is 0.759 e. The van der Waals surface area contributed by atoms with Gasteiger partial charge in [-0.2, -0.15) is 8.42 Å². The summed E-state index contributed by atoms with van der Waals surface area (Å²) in [4.78, 5) is 0. The van der Waals surface area contributed by atoms with Crippen molar-refractivity contribution in [1.29, 1.82) is 0 Å². The van der Waals surface area contributed by atoms with Gasteiger partial charge in [-0.05, 0) is 0 Å². The van der Waals surface area contributed by atoms with Gasteiger partial charge in [0, 0.05) is 10.4 Å². The molecule has 0 atom stereocenters. The molecule has 0 aliphatic carbocycles. The van der Waals surface area contributed by atoms with Crippen LogP contribution in [0.2, 0.25) is 0 Å². The van der Waals surface area contributed by atoms with E-state index in [2.05, 4.69) is 0 Å². The Morgan fingerprint density at radius 3 is 0.833 bits per heavy atom. The predicted octanol–water partition coefficient (Wildman–Crippen LogP) is -2.00. The zero-order valence-electron chi connectivity index (χ0n) is 4.76. The molecular formula is H2Cu2O8S2. The third-order valence-corrected chi connectivity index (χ3v) is 0. The Labute approximate surface area is 89.8 Å². The molecule has 0 heterocycles. The van der Waals surface area contributed by atoms with Crippen molar-refractivity contribution in [3.63, 3.8) is 0 Å². The van der Waals surface area contributed by atoms with Gasteiger partial charge in [-0.3, -0.25) is 17.5 Å². The summed E-state index contributed by atoms with van der Waals surface area (Å²) >= 11 is 0. The number of rotatable bonds is 0. The zero-order chi connectivity index (χ0) is 9.00. The van der Waals surface area contributed by atoms with Crippen molar-refractivity contribution in [2.75, 3.05) is 0 Å². The molecule has 84 valence electrons. The second kappa shape index (κ2) is 8.38. The van der Waals surface area contributed by atoms with Crippen LogP contribution in [0.5, 0.6) is 0 Å². The third-order valence-electron chi connectivity index (χ3n) is 0. The molecule has 2 N–H and O–H groups in total. The van der Waals surface area contributed by atoms with Crippen LogP contribution in [0.4, 0.5) is 0 Å². The molecule has 0 rings (SSSR count). The summed E-state index contributed by atoms with van der Waals surface area (Å²) < 4.78 is 65.7. The molecule has 0 amide bonds. The summed E-state index contributed by atoms with van der Waals surface area (Å²) in [6, 6.07) is 0. The van der Waals surface area contributed by atoms with Gasteiger partial charge in [-0.1, -0.05) is 0 Å². The van der Waals surface area contributed by atoms with Crippen molar-refractivity contribution in [3.8, 4) is 0 Å². The van der Waals surface area contributed by atoms with Gasteiger partial charge in [0.05, 0.1) is 0 Å². The standard InChI is InChI=1S/2Cu.2H2O4S/c;;2*1-5(2,3)4/h;;2*(H2,1,2,3,4)/q2*+1;;/p-2. The molecular weight excluding hydrogens is 319 g/mol. The van der Waals surface area contributed by atoms with E-state index in [0.717, 1.165) is 0 Å². The monoisotopic (exact) mass is 320 g/mol. The Hall–Kier alpha value is 0.779. The first-order valence-corrected chi connectivity index (χ1v) is 4.10. The first-order valence-electron chi connectivity index (χ1n) is 1.37. The molecule has 12 heavy (non-hydrogen) atoms. The van der Waals surface area contributed by atoms with E-state index in [9.17, 15) is 0 Å². The van der Waals surface area contributed by atoms with E-state index in [4.69, 9.17) is 35.0 Å². The Kier molecular flexibility index (Phi) is 16.1. The zero-order valence-corrected chi connectivity index (χ0v) is 8.28. The molecule has 0 saturated heterocycles. The van der Waals surface area contributed by atoms with Crippen molar-refractivity contribution in [1.82, 2.24) is 0 Å². The van der Waals surface area contributed by atoms with Gasteiger partial charge >= 0.3 is 44.5 Å². The van der Waals surface area contributed by atoms with E-state index < -0.39 is 20.8 Å². The van der Waals surface area contributed by atoms with Crippen LogP contribution in [-0.4, -0.2) is 35.0 Å². The molecule has 0 radical (unpaired) electrons. The van der Waals surface area contributed by atoms with Crippen molar-refractivity contribution >= 4 is 20.8 Å². The molecule has 0 aromatic heterocycles. The first kappa shape index (κ1) is 23.0. The molecule has 0 bridgehead atoms. The van der Waals surface area contributed by atoms with Crippen LogP contribution in [0.25, 0.3) is 0 Å². The normalized spacial score (nSPS) is 9.67. The average molecular weight is 321 g/mol. The fourth-order valence-corrected chi connectivity index (χ4v) is 0. The first-order chi connectivity index (χ1) is 4.00. The molecule has 0 fully saturated rings. The third kappa shape index (κ3) is 1700. The SMILES string of the molecule is O=S(=O)(O)O.O=S(=O)([O-])[O-].[Cu+].[Cu+]. The predicted molar refractivity (Wildman–Crippen MR) is 24.7 cm³/mol. The molecule has 8 nitrogen and oxygen atoms in total. The van der Waals surface area contributed by atoms with Gasteiger partial charge in [-0.25, -0.2) is 0 Å². The number of hydrogen-bond acceptors (Lipinski definition) is 6. The second-order valence-electron chi connectivity index (χ2n) is 0.856. The molecule has 0 aromatic carbocycles. The van der Waals surface area contributed by atoms with Gasteiger partial charge in [0.1, 0.15) is 0 Å². The Morgan fingerprint density at radius 2 is 0.833 bits per heavy atom. The molecule has 0 saturated carbocycles. The summed E-state index contributed by atoms with van der Waals surface area (Å²) in [7, 11) is -9.83. The maximum absolute atomic E-state index is 8.74. The van der Waals surface area contributed by atoms with Crippen molar-refractivity contribution in [3.05, 3.63) is 0 Å². The van der Waals surface area contributed by atoms with Crippen LogP contribution in [0.1, 0.15) is 0 Å². The summed E-state index contributed by atoms with van der Waals surface area (Å²) in [5.41, 5.74) is 0. The summed E-state index contributed by atoms with van der Waals surface area (Å²) in [6.45, 7) is 0. The topological polar surface area (TPSA) is 155 Å². The van der Waals surface area contributed by atoms with E-state index in [1.54, 1.807) is 0 Å². The van der Waals surface area contributed by atoms with Gasteiger partial charge in [0.2, 0.25) is 0 Å². The summed E-state index contributed by atoms with van der Waals surface area (Å²) in [6.07, 6.45) is 0. The van der Waals surface area contributed by atoms with Crippen molar-refractivity contribution < 1.29 is 69.2 Å². The average Bonchev–Trinajstić information content (AvgIpc) is 1.12. The van der Waals surface area contributed by atoms with Gasteiger partial charge < -0.3 is 9.11 Å². The van der Waals surface area contributed by atoms with Crippen molar-refractivity contribution in [2.24, 2.45) is 0 Å². The largest absolute Gasteiger partial charge is 1.00 e. The fraction of sp³-hybridized carbons (Fsp3) is 0. The van der Waals surface area contributed by atoms with E-state index >= 15 is 0 Å². The van der Waals surface area contributed by atoms with Gasteiger partial charge in [-0.15, -0.1) is 0 Å². The molecule has 0 spiro atoms. The minimum atomic E-state index is -5.17. The van der Waals surface area contributed by atoms with Crippen LogP contribution in [0.15, 0.2) is 0 Å². The van der Waals surface area contributed by atoms with E-state index in [0.29, 0.717) is 0 Å². The van der Waals surface area contributed by atoms with Gasteiger partial charge in [0.25, 0.3) is 0 Å². The summed E-state index contributed by atoms with van der Waals surface area (Å²) in [5, 5.41) is 0. The molecule has 0 aromatic rings. The minimum absolute atomic E-state index is 0. The second-order valence-corrected chi connectivity index (χ2v) is 2.57. The van der Waals surface area contributed by atoms with Crippen LogP contribution in [-0.2, 0) is 54.9 Å². The Bertz CT molecular complexity index is 211. The molecule has 12 heteroatoms. The van der Waals surface area contributed by atoms with Gasteiger partial charge in [0.15, 0.2) is 0 Å².